The maximum Gasteiger partial charge on any atom is 0.491 e. The smallest absolute Gasteiger partial charge is 0.423 e. The number of benzene rings is 1. The Morgan fingerprint density at radius 3 is 2.59 bits per heavy atom. The van der Waals surface area contributed by atoms with Crippen LogP contribution in [0.2, 0.25) is 0 Å². The Morgan fingerprint density at radius 2 is 1.94 bits per heavy atom. The average Bonchev–Trinajstić information content (AvgIpc) is 2.30. The fourth-order valence-electron chi connectivity index (χ4n) is 1.33. The van der Waals surface area contributed by atoms with Gasteiger partial charge in [-0.1, -0.05) is 12.1 Å². The molecule has 0 saturated carbocycles. The summed E-state index contributed by atoms with van der Waals surface area (Å²) >= 11 is 0. The zero-order chi connectivity index (χ0) is 12.7. The van der Waals surface area contributed by atoms with E-state index in [0.717, 1.165) is 0 Å². The van der Waals surface area contributed by atoms with Gasteiger partial charge in [0.1, 0.15) is 5.82 Å². The largest absolute Gasteiger partial charge is 0.491 e. The van der Waals surface area contributed by atoms with Crippen LogP contribution in [-0.2, 0) is 16.1 Å². The number of hydrogen-bond acceptors (Lipinski definition) is 4. The predicted molar refractivity (Wildman–Crippen MR) is 62.4 cm³/mol. The summed E-state index contributed by atoms with van der Waals surface area (Å²) in [7, 11) is -1.81. The van der Waals surface area contributed by atoms with Gasteiger partial charge in [0, 0.05) is 12.1 Å². The Hall–Kier alpha value is -0.945. The van der Waals surface area contributed by atoms with Crippen molar-refractivity contribution >= 4 is 12.6 Å². The van der Waals surface area contributed by atoms with Crippen molar-refractivity contribution < 1.29 is 23.9 Å². The third-order valence-corrected chi connectivity index (χ3v) is 2.18. The Balaban J connectivity index is 2.46. The summed E-state index contributed by atoms with van der Waals surface area (Å²) in [5.74, 6) is -0.641. The van der Waals surface area contributed by atoms with Crippen molar-refractivity contribution in [2.45, 2.75) is 13.5 Å². The first kappa shape index (κ1) is 14.1. The lowest BCUT2D eigenvalue weighted by Crippen LogP contribution is -2.33. The molecule has 1 aromatic rings. The SMILES string of the molecule is CCOCCOCc1ccc(F)c(B(O)O)c1. The molecule has 0 unspecified atom stereocenters. The quantitative estimate of drug-likeness (QED) is 0.524. The van der Waals surface area contributed by atoms with Crippen molar-refractivity contribution in [1.82, 2.24) is 0 Å². The summed E-state index contributed by atoms with van der Waals surface area (Å²) < 4.78 is 23.5. The topological polar surface area (TPSA) is 58.9 Å². The highest BCUT2D eigenvalue weighted by molar-refractivity contribution is 6.58. The van der Waals surface area contributed by atoms with Gasteiger partial charge >= 0.3 is 7.12 Å². The van der Waals surface area contributed by atoms with Gasteiger partial charge in [0.15, 0.2) is 0 Å². The minimum atomic E-state index is -1.81. The van der Waals surface area contributed by atoms with Gasteiger partial charge in [0.25, 0.3) is 0 Å². The molecule has 0 aliphatic rings. The molecule has 0 amide bonds. The van der Waals surface area contributed by atoms with Crippen molar-refractivity contribution in [2.75, 3.05) is 19.8 Å². The van der Waals surface area contributed by atoms with Crippen molar-refractivity contribution in [3.05, 3.63) is 29.6 Å². The predicted octanol–water partition coefficient (Wildman–Crippen LogP) is 0.0586. The van der Waals surface area contributed by atoms with Crippen LogP contribution in [0.4, 0.5) is 4.39 Å². The highest BCUT2D eigenvalue weighted by atomic mass is 19.1. The molecule has 0 aromatic heterocycles. The lowest BCUT2D eigenvalue weighted by Gasteiger charge is -2.07. The lowest BCUT2D eigenvalue weighted by atomic mass is 9.79. The van der Waals surface area contributed by atoms with E-state index < -0.39 is 12.9 Å². The van der Waals surface area contributed by atoms with E-state index in [1.165, 1.54) is 12.1 Å². The average molecular weight is 242 g/mol. The molecule has 0 aliphatic heterocycles. The van der Waals surface area contributed by atoms with Gasteiger partial charge in [-0.15, -0.1) is 0 Å². The van der Waals surface area contributed by atoms with Crippen molar-refractivity contribution in [2.24, 2.45) is 0 Å². The molecule has 1 aromatic carbocycles. The molecule has 6 heteroatoms. The fourth-order valence-corrected chi connectivity index (χ4v) is 1.33. The Morgan fingerprint density at radius 1 is 1.24 bits per heavy atom. The number of halogens is 1. The molecule has 0 bridgehead atoms. The standard InChI is InChI=1S/C11H16BFO4/c1-2-16-5-6-17-8-9-3-4-11(13)10(7-9)12(14)15/h3-4,7,14-15H,2,5-6,8H2,1H3. The summed E-state index contributed by atoms with van der Waals surface area (Å²) in [4.78, 5) is 0. The number of ether oxygens (including phenoxy) is 2. The monoisotopic (exact) mass is 242 g/mol. The summed E-state index contributed by atoms with van der Waals surface area (Å²) in [5.41, 5.74) is 0.543. The van der Waals surface area contributed by atoms with Gasteiger partial charge in [0.05, 0.1) is 19.8 Å². The molecule has 0 aliphatic carbocycles. The molecule has 0 atom stereocenters. The molecule has 0 radical (unpaired) electrons. The Labute approximate surface area is 100 Å². The summed E-state index contributed by atoms with van der Waals surface area (Å²) in [6, 6.07) is 4.11. The zero-order valence-electron chi connectivity index (χ0n) is 9.73. The van der Waals surface area contributed by atoms with Crippen LogP contribution in [0.5, 0.6) is 0 Å². The van der Waals surface area contributed by atoms with Gasteiger partial charge in [-0.2, -0.15) is 0 Å². The van der Waals surface area contributed by atoms with Crippen LogP contribution in [0.3, 0.4) is 0 Å². The van der Waals surface area contributed by atoms with Gasteiger partial charge in [-0.05, 0) is 18.6 Å². The summed E-state index contributed by atoms with van der Waals surface area (Å²) in [6.07, 6.45) is 0. The van der Waals surface area contributed by atoms with E-state index in [9.17, 15) is 4.39 Å². The van der Waals surface area contributed by atoms with Gasteiger partial charge in [-0.3, -0.25) is 0 Å². The Kier molecular flexibility index (Phi) is 6.14. The van der Waals surface area contributed by atoms with Crippen LogP contribution in [0, 0.1) is 5.82 Å². The van der Waals surface area contributed by atoms with Crippen LogP contribution < -0.4 is 5.46 Å². The van der Waals surface area contributed by atoms with Gasteiger partial charge in [0.2, 0.25) is 0 Å². The minimum absolute atomic E-state index is 0.143. The molecule has 94 valence electrons. The van der Waals surface area contributed by atoms with Crippen molar-refractivity contribution in [3.8, 4) is 0 Å². The molecule has 0 saturated heterocycles. The fraction of sp³-hybridized carbons (Fsp3) is 0.455. The lowest BCUT2D eigenvalue weighted by molar-refractivity contribution is 0.0453. The van der Waals surface area contributed by atoms with E-state index in [0.29, 0.717) is 25.4 Å². The molecule has 0 spiro atoms. The summed E-state index contributed by atoms with van der Waals surface area (Å²) in [6.45, 7) is 3.78. The first-order valence-electron chi connectivity index (χ1n) is 5.45. The van der Waals surface area contributed by atoms with Gasteiger partial charge in [-0.25, -0.2) is 4.39 Å². The van der Waals surface area contributed by atoms with Crippen molar-refractivity contribution in [1.29, 1.82) is 0 Å². The molecule has 17 heavy (non-hydrogen) atoms. The first-order valence-corrected chi connectivity index (χ1v) is 5.45. The van der Waals surface area contributed by atoms with E-state index in [2.05, 4.69) is 0 Å². The normalized spacial score (nSPS) is 10.6. The van der Waals surface area contributed by atoms with Crippen LogP contribution in [0.1, 0.15) is 12.5 Å². The van der Waals surface area contributed by atoms with E-state index in [-0.39, 0.29) is 12.1 Å². The molecule has 2 N–H and O–H groups in total. The number of hydrogen-bond donors (Lipinski definition) is 2. The maximum atomic E-state index is 13.1. The second-order valence-corrected chi connectivity index (χ2v) is 3.48. The maximum absolute atomic E-state index is 13.1. The van der Waals surface area contributed by atoms with Crippen LogP contribution in [0.25, 0.3) is 0 Å². The van der Waals surface area contributed by atoms with E-state index >= 15 is 0 Å². The molecule has 0 fully saturated rings. The third kappa shape index (κ3) is 4.83. The Bertz CT molecular complexity index is 346. The number of rotatable bonds is 7. The van der Waals surface area contributed by atoms with E-state index in [4.69, 9.17) is 19.5 Å². The van der Waals surface area contributed by atoms with Crippen LogP contribution in [-0.4, -0.2) is 37.0 Å². The molecule has 0 heterocycles. The zero-order valence-corrected chi connectivity index (χ0v) is 9.73. The molecular weight excluding hydrogens is 226 g/mol. The van der Waals surface area contributed by atoms with Gasteiger partial charge < -0.3 is 19.5 Å². The summed E-state index contributed by atoms with van der Waals surface area (Å²) in [5, 5.41) is 17.9. The third-order valence-electron chi connectivity index (χ3n) is 2.18. The molecule has 4 nitrogen and oxygen atoms in total. The molecule has 1 rings (SSSR count). The highest BCUT2D eigenvalue weighted by Crippen LogP contribution is 2.03. The van der Waals surface area contributed by atoms with E-state index in [1.54, 1.807) is 6.07 Å². The van der Waals surface area contributed by atoms with Crippen molar-refractivity contribution in [3.63, 3.8) is 0 Å². The highest BCUT2D eigenvalue weighted by Gasteiger charge is 2.16. The van der Waals surface area contributed by atoms with Crippen LogP contribution in [0.15, 0.2) is 18.2 Å². The second kappa shape index (κ2) is 7.39. The van der Waals surface area contributed by atoms with E-state index in [1.807, 2.05) is 6.92 Å². The van der Waals surface area contributed by atoms with Crippen LogP contribution >= 0.6 is 0 Å². The second-order valence-electron chi connectivity index (χ2n) is 3.48. The molecular formula is C11H16BFO4. The first-order chi connectivity index (χ1) is 8.15. The minimum Gasteiger partial charge on any atom is -0.423 e.